The van der Waals surface area contributed by atoms with Crippen LogP contribution in [0, 0.1) is 0 Å². The molecule has 3 amide bonds. The first kappa shape index (κ1) is 18.7. The molecular formula is C21H26N4O4. The Morgan fingerprint density at radius 3 is 2.86 bits per heavy atom. The van der Waals surface area contributed by atoms with Crippen molar-refractivity contribution in [2.45, 2.75) is 55.9 Å². The number of piperidine rings is 1. The minimum Gasteiger partial charge on any atom is -0.383 e. The molecule has 1 aliphatic carbocycles. The van der Waals surface area contributed by atoms with Crippen LogP contribution < -0.4 is 16.0 Å². The molecule has 0 spiro atoms. The first-order chi connectivity index (χ1) is 13.9. The molecule has 1 aromatic carbocycles. The summed E-state index contributed by atoms with van der Waals surface area (Å²) < 4.78 is 5.33. The van der Waals surface area contributed by atoms with Gasteiger partial charge in [0, 0.05) is 49.8 Å². The van der Waals surface area contributed by atoms with Crippen LogP contribution in [0.15, 0.2) is 18.2 Å². The average molecular weight is 398 g/mol. The molecule has 154 valence electrons. The number of ether oxygens (including phenoxy) is 1. The highest BCUT2D eigenvalue weighted by Crippen LogP contribution is 2.47. The van der Waals surface area contributed by atoms with Gasteiger partial charge in [-0.25, -0.2) is 0 Å². The number of methoxy groups -OCH3 is 1. The van der Waals surface area contributed by atoms with E-state index >= 15 is 0 Å². The molecule has 1 atom stereocenters. The number of benzene rings is 1. The summed E-state index contributed by atoms with van der Waals surface area (Å²) in [6, 6.07) is 5.40. The molecule has 5 aliphatic rings. The molecule has 1 aromatic rings. The van der Waals surface area contributed by atoms with Crippen LogP contribution in [0.3, 0.4) is 0 Å². The van der Waals surface area contributed by atoms with Gasteiger partial charge in [-0.15, -0.1) is 0 Å². The second-order valence-corrected chi connectivity index (χ2v) is 8.95. The summed E-state index contributed by atoms with van der Waals surface area (Å²) in [4.78, 5) is 38.1. The largest absolute Gasteiger partial charge is 0.383 e. The van der Waals surface area contributed by atoms with Crippen molar-refractivity contribution in [2.24, 2.45) is 0 Å². The average Bonchev–Trinajstić information content (AvgIpc) is 3.31. The fraction of sp³-hybridized carbons (Fsp3) is 0.571. The van der Waals surface area contributed by atoms with Crippen LogP contribution in [0.25, 0.3) is 0 Å². The van der Waals surface area contributed by atoms with E-state index in [4.69, 9.17) is 4.74 Å². The van der Waals surface area contributed by atoms with E-state index in [1.165, 1.54) is 0 Å². The highest BCUT2D eigenvalue weighted by atomic mass is 16.5. The summed E-state index contributed by atoms with van der Waals surface area (Å²) in [6.07, 6.45) is 2.77. The van der Waals surface area contributed by atoms with Crippen molar-refractivity contribution in [3.8, 4) is 0 Å². The van der Waals surface area contributed by atoms with Gasteiger partial charge in [-0.3, -0.25) is 19.7 Å². The van der Waals surface area contributed by atoms with Gasteiger partial charge in [0.2, 0.25) is 11.8 Å². The normalized spacial score (nSPS) is 32.9. The predicted molar refractivity (Wildman–Crippen MR) is 104 cm³/mol. The van der Waals surface area contributed by atoms with Gasteiger partial charge < -0.3 is 20.3 Å². The molecule has 0 radical (unpaired) electrons. The molecule has 3 saturated heterocycles. The summed E-state index contributed by atoms with van der Waals surface area (Å²) in [5.74, 6) is -0.767. The number of fused-ring (bicyclic) bond motifs is 2. The Hall–Kier alpha value is -2.29. The highest BCUT2D eigenvalue weighted by Gasteiger charge is 2.60. The zero-order valence-electron chi connectivity index (χ0n) is 16.5. The number of imide groups is 1. The number of amides is 3. The number of hydrogen-bond acceptors (Lipinski definition) is 6. The number of nitrogens with one attached hydrogen (secondary N) is 3. The molecule has 4 aliphatic heterocycles. The van der Waals surface area contributed by atoms with Crippen LogP contribution in [0.2, 0.25) is 0 Å². The van der Waals surface area contributed by atoms with E-state index in [1.807, 2.05) is 18.2 Å². The first-order valence-electron chi connectivity index (χ1n) is 10.2. The van der Waals surface area contributed by atoms with Gasteiger partial charge in [-0.1, -0.05) is 12.1 Å². The minimum absolute atomic E-state index is 0.111. The lowest BCUT2D eigenvalue weighted by atomic mass is 9.68. The highest BCUT2D eigenvalue weighted by molar-refractivity contribution is 6.05. The third-order valence-electron chi connectivity index (χ3n) is 6.84. The van der Waals surface area contributed by atoms with E-state index in [-0.39, 0.29) is 35.2 Å². The molecule has 3 N–H and O–H groups in total. The maximum absolute atomic E-state index is 12.9. The van der Waals surface area contributed by atoms with Crippen molar-refractivity contribution >= 4 is 17.7 Å². The number of hydrogen-bond donors (Lipinski definition) is 3. The fourth-order valence-electron chi connectivity index (χ4n) is 5.47. The van der Waals surface area contributed by atoms with Gasteiger partial charge in [0.15, 0.2) is 0 Å². The first-order valence-corrected chi connectivity index (χ1v) is 10.2. The van der Waals surface area contributed by atoms with E-state index in [1.54, 1.807) is 12.0 Å². The lowest BCUT2D eigenvalue weighted by Gasteiger charge is -2.46. The van der Waals surface area contributed by atoms with Crippen molar-refractivity contribution in [1.82, 2.24) is 20.9 Å². The van der Waals surface area contributed by atoms with Crippen molar-refractivity contribution in [3.05, 3.63) is 34.9 Å². The van der Waals surface area contributed by atoms with Crippen LogP contribution in [0.1, 0.15) is 47.2 Å². The monoisotopic (exact) mass is 398 g/mol. The Kier molecular flexibility index (Phi) is 4.27. The van der Waals surface area contributed by atoms with E-state index in [2.05, 4.69) is 16.0 Å². The zero-order valence-corrected chi connectivity index (χ0v) is 16.5. The van der Waals surface area contributed by atoms with E-state index in [0.717, 1.165) is 37.1 Å². The lowest BCUT2D eigenvalue weighted by molar-refractivity contribution is -0.136. The van der Waals surface area contributed by atoms with Gasteiger partial charge in [-0.05, 0) is 36.5 Å². The molecular weight excluding hydrogens is 372 g/mol. The van der Waals surface area contributed by atoms with Gasteiger partial charge in [0.1, 0.15) is 6.04 Å². The maximum atomic E-state index is 12.9. The Morgan fingerprint density at radius 2 is 2.10 bits per heavy atom. The molecule has 1 unspecified atom stereocenters. The number of carbonyl (C=O) groups is 3. The molecule has 4 fully saturated rings. The molecule has 2 bridgehead atoms. The van der Waals surface area contributed by atoms with Gasteiger partial charge >= 0.3 is 0 Å². The molecule has 0 aromatic heterocycles. The van der Waals surface area contributed by atoms with Crippen molar-refractivity contribution in [2.75, 3.05) is 20.3 Å². The number of rotatable bonds is 6. The van der Waals surface area contributed by atoms with Gasteiger partial charge in [0.25, 0.3) is 5.91 Å². The summed E-state index contributed by atoms with van der Waals surface area (Å²) in [7, 11) is 1.74. The number of nitrogens with zero attached hydrogens (tertiary/aromatic N) is 1. The Morgan fingerprint density at radius 1 is 1.28 bits per heavy atom. The van der Waals surface area contributed by atoms with E-state index in [9.17, 15) is 14.4 Å². The van der Waals surface area contributed by atoms with Crippen molar-refractivity contribution in [1.29, 1.82) is 0 Å². The quantitative estimate of drug-likeness (QED) is 0.586. The summed E-state index contributed by atoms with van der Waals surface area (Å²) >= 11 is 0. The molecule has 8 nitrogen and oxygen atoms in total. The van der Waals surface area contributed by atoms with Crippen LogP contribution in [-0.2, 0) is 27.4 Å². The molecule has 1 saturated carbocycles. The molecule has 4 heterocycles. The lowest BCUT2D eigenvalue weighted by Crippen LogP contribution is -2.60. The summed E-state index contributed by atoms with van der Waals surface area (Å²) in [6.45, 7) is 2.79. The minimum atomic E-state index is -0.568. The second kappa shape index (κ2) is 6.62. The topological polar surface area (TPSA) is 99.8 Å². The molecule has 29 heavy (non-hydrogen) atoms. The fourth-order valence-corrected chi connectivity index (χ4v) is 5.47. The molecule has 6 rings (SSSR count). The van der Waals surface area contributed by atoms with E-state index < -0.39 is 6.04 Å². The van der Waals surface area contributed by atoms with Crippen LogP contribution >= 0.6 is 0 Å². The third kappa shape index (κ3) is 3.06. The maximum Gasteiger partial charge on any atom is 0.255 e. The Balaban J connectivity index is 1.24. The van der Waals surface area contributed by atoms with Gasteiger partial charge in [0.05, 0.1) is 6.61 Å². The Bertz CT molecular complexity index is 893. The van der Waals surface area contributed by atoms with Crippen LogP contribution in [0.4, 0.5) is 0 Å². The second-order valence-electron chi connectivity index (χ2n) is 8.95. The van der Waals surface area contributed by atoms with Crippen molar-refractivity contribution < 1.29 is 19.1 Å². The van der Waals surface area contributed by atoms with Gasteiger partial charge in [-0.2, -0.15) is 0 Å². The van der Waals surface area contributed by atoms with E-state index in [0.29, 0.717) is 25.1 Å². The summed E-state index contributed by atoms with van der Waals surface area (Å²) in [5.41, 5.74) is 2.90. The van der Waals surface area contributed by atoms with Crippen LogP contribution in [0.5, 0.6) is 0 Å². The van der Waals surface area contributed by atoms with Crippen molar-refractivity contribution in [3.63, 3.8) is 0 Å². The SMILES string of the molecule is COCC12CC(NCc3ccc4c(c3)C(=O)N(C3CCC(=O)NC3=O)C4)(CN1)C2. The Labute approximate surface area is 169 Å². The summed E-state index contributed by atoms with van der Waals surface area (Å²) in [5, 5.41) is 9.59. The smallest absolute Gasteiger partial charge is 0.255 e. The predicted octanol–water partition coefficient (Wildman–Crippen LogP) is 0.0582. The third-order valence-corrected chi connectivity index (χ3v) is 6.84. The molecule has 8 heteroatoms. The van der Waals surface area contributed by atoms with Crippen LogP contribution in [-0.4, -0.2) is 60.0 Å². The zero-order chi connectivity index (χ0) is 20.2. The standard InChI is InChI=1S/C21H26N4O4/c1-29-12-21-9-20(10-21,11-23-21)22-7-13-2-3-14-8-25(19(28)15(14)6-13)16-4-5-17(26)24-18(16)27/h2-3,6,16,22-23H,4-5,7-12H2,1H3,(H,24,26,27). The number of carbonyl (C=O) groups excluding carboxylic acids is 3.